The third kappa shape index (κ3) is 4.01. The number of aromatic nitrogens is 1. The first-order chi connectivity index (χ1) is 14.0. The van der Waals surface area contributed by atoms with Crippen LogP contribution in [0.4, 0.5) is 0 Å². The molecule has 4 rings (SSSR count). The number of aryl methyl sites for hydroxylation is 1. The van der Waals surface area contributed by atoms with E-state index in [0.29, 0.717) is 17.2 Å². The normalized spacial score (nSPS) is 16.8. The number of benzene rings is 1. The number of amides is 1. The van der Waals surface area contributed by atoms with Gasteiger partial charge in [0, 0.05) is 11.1 Å². The maximum absolute atomic E-state index is 13.1. The minimum absolute atomic E-state index is 0.249. The van der Waals surface area contributed by atoms with Crippen LogP contribution < -0.4 is 5.32 Å². The van der Waals surface area contributed by atoms with Gasteiger partial charge in [-0.1, -0.05) is 25.1 Å². The van der Waals surface area contributed by atoms with E-state index in [9.17, 15) is 9.59 Å². The highest BCUT2D eigenvalue weighted by molar-refractivity contribution is 6.05. The number of esters is 1. The average molecular weight is 392 g/mol. The zero-order chi connectivity index (χ0) is 20.4. The number of ether oxygens (including phenoxy) is 1. The summed E-state index contributed by atoms with van der Waals surface area (Å²) < 4.78 is 10.8. The zero-order valence-electron chi connectivity index (χ0n) is 16.6. The molecule has 6 nitrogen and oxygen atoms in total. The second-order valence-corrected chi connectivity index (χ2v) is 7.62. The highest BCUT2D eigenvalue weighted by Crippen LogP contribution is 2.32. The fraction of sp³-hybridized carbons (Fsp3) is 0.348. The minimum atomic E-state index is -0.916. The molecule has 0 unspecified atom stereocenters. The van der Waals surface area contributed by atoms with Gasteiger partial charge >= 0.3 is 5.97 Å². The predicted molar refractivity (Wildman–Crippen MR) is 108 cm³/mol. The van der Waals surface area contributed by atoms with Gasteiger partial charge in [-0.15, -0.1) is 0 Å². The Morgan fingerprint density at radius 1 is 1.28 bits per heavy atom. The molecular formula is C23H24N2O4. The largest absolute Gasteiger partial charge is 0.467 e. The number of nitrogens with one attached hydrogen (secondary N) is 1. The van der Waals surface area contributed by atoms with Crippen LogP contribution in [-0.2, 0) is 28.9 Å². The number of carbonyl (C=O) groups is 2. The van der Waals surface area contributed by atoms with Crippen LogP contribution in [0.5, 0.6) is 0 Å². The lowest BCUT2D eigenvalue weighted by atomic mass is 9.84. The van der Waals surface area contributed by atoms with Crippen molar-refractivity contribution in [3.05, 3.63) is 65.2 Å². The lowest BCUT2D eigenvalue weighted by molar-refractivity contribution is -0.129. The summed E-state index contributed by atoms with van der Waals surface area (Å²) in [7, 11) is 0. The van der Waals surface area contributed by atoms with Crippen molar-refractivity contribution in [1.29, 1.82) is 0 Å². The van der Waals surface area contributed by atoms with E-state index in [4.69, 9.17) is 14.1 Å². The summed E-state index contributed by atoms with van der Waals surface area (Å²) in [5.74, 6) is 0.274. The summed E-state index contributed by atoms with van der Waals surface area (Å²) in [6.45, 7) is 4.00. The molecule has 1 aliphatic carbocycles. The van der Waals surface area contributed by atoms with Gasteiger partial charge in [-0.2, -0.15) is 0 Å². The van der Waals surface area contributed by atoms with E-state index in [1.807, 2.05) is 24.3 Å². The number of hydrogen-bond donors (Lipinski definition) is 1. The van der Waals surface area contributed by atoms with Gasteiger partial charge in [0.05, 0.1) is 23.9 Å². The molecule has 2 atom stereocenters. The number of nitrogens with zero attached hydrogens (tertiary/aromatic N) is 1. The quantitative estimate of drug-likeness (QED) is 0.668. The molecule has 3 aromatic rings. The summed E-state index contributed by atoms with van der Waals surface area (Å²) in [6.07, 6.45) is 3.32. The van der Waals surface area contributed by atoms with E-state index in [2.05, 4.69) is 12.2 Å². The van der Waals surface area contributed by atoms with E-state index in [1.165, 1.54) is 0 Å². The Kier molecular flexibility index (Phi) is 5.34. The van der Waals surface area contributed by atoms with Crippen LogP contribution in [-0.4, -0.2) is 23.0 Å². The summed E-state index contributed by atoms with van der Waals surface area (Å²) in [5.41, 5.74) is 3.24. The molecule has 2 aromatic heterocycles. The van der Waals surface area contributed by atoms with Crippen molar-refractivity contribution in [3.8, 4) is 0 Å². The van der Waals surface area contributed by atoms with E-state index < -0.39 is 12.1 Å². The first-order valence-corrected chi connectivity index (χ1v) is 9.94. The van der Waals surface area contributed by atoms with E-state index in [-0.39, 0.29) is 12.5 Å². The number of hydrogen-bond acceptors (Lipinski definition) is 5. The molecule has 1 amide bonds. The van der Waals surface area contributed by atoms with Crippen molar-refractivity contribution in [2.24, 2.45) is 5.92 Å². The summed E-state index contributed by atoms with van der Waals surface area (Å²) in [5, 5.41) is 3.50. The lowest BCUT2D eigenvalue weighted by Crippen LogP contribution is -2.35. The summed E-state index contributed by atoms with van der Waals surface area (Å²) in [4.78, 5) is 30.3. The molecule has 0 radical (unpaired) electrons. The molecular weight excluding hydrogens is 368 g/mol. The van der Waals surface area contributed by atoms with Gasteiger partial charge in [0.15, 0.2) is 6.10 Å². The van der Waals surface area contributed by atoms with Crippen LogP contribution in [0.15, 0.2) is 47.1 Å². The Morgan fingerprint density at radius 2 is 2.10 bits per heavy atom. The van der Waals surface area contributed by atoms with Crippen LogP contribution >= 0.6 is 0 Å². The van der Waals surface area contributed by atoms with Gasteiger partial charge in [0.1, 0.15) is 5.76 Å². The second kappa shape index (κ2) is 8.07. The number of furan rings is 1. The molecule has 0 aliphatic heterocycles. The van der Waals surface area contributed by atoms with Crippen molar-refractivity contribution in [2.75, 3.05) is 0 Å². The maximum Gasteiger partial charge on any atom is 0.339 e. The number of pyridine rings is 1. The fourth-order valence-corrected chi connectivity index (χ4v) is 3.80. The number of rotatable bonds is 5. The third-order valence-electron chi connectivity index (χ3n) is 5.38. The molecule has 2 heterocycles. The van der Waals surface area contributed by atoms with Crippen molar-refractivity contribution < 1.29 is 18.7 Å². The van der Waals surface area contributed by atoms with Gasteiger partial charge in [0.25, 0.3) is 5.91 Å². The average Bonchev–Trinajstić information content (AvgIpc) is 3.23. The highest BCUT2D eigenvalue weighted by atomic mass is 16.5. The third-order valence-corrected chi connectivity index (χ3v) is 5.38. The van der Waals surface area contributed by atoms with E-state index >= 15 is 0 Å². The van der Waals surface area contributed by atoms with Crippen molar-refractivity contribution in [3.63, 3.8) is 0 Å². The first kappa shape index (κ1) is 19.2. The molecule has 0 saturated carbocycles. The standard InChI is InChI=1S/C23H24N2O4/c1-14-9-10-20-18(12-14)21(17-7-3-4-8-19(17)25-20)23(27)29-15(2)22(26)24-13-16-6-5-11-28-16/h3-8,11,14-15H,9-10,12-13H2,1-2H3,(H,24,26)/t14-,15-/m0/s1. The summed E-state index contributed by atoms with van der Waals surface area (Å²) >= 11 is 0. The number of para-hydroxylation sites is 1. The first-order valence-electron chi connectivity index (χ1n) is 9.94. The lowest BCUT2D eigenvalue weighted by Gasteiger charge is -2.24. The van der Waals surface area contributed by atoms with Gasteiger partial charge in [0.2, 0.25) is 0 Å². The molecule has 0 saturated heterocycles. The van der Waals surface area contributed by atoms with E-state index in [1.54, 1.807) is 25.3 Å². The predicted octanol–water partition coefficient (Wildman–Crippen LogP) is 3.81. The Hall–Kier alpha value is -3.15. The van der Waals surface area contributed by atoms with Crippen LogP contribution in [0.2, 0.25) is 0 Å². The van der Waals surface area contributed by atoms with Crippen LogP contribution in [0.1, 0.15) is 47.6 Å². The van der Waals surface area contributed by atoms with Crippen molar-refractivity contribution in [2.45, 2.75) is 45.8 Å². The van der Waals surface area contributed by atoms with Gasteiger partial charge in [-0.05, 0) is 55.9 Å². The number of carbonyl (C=O) groups excluding carboxylic acids is 2. The molecule has 150 valence electrons. The Bertz CT molecular complexity index is 1040. The Morgan fingerprint density at radius 3 is 2.90 bits per heavy atom. The minimum Gasteiger partial charge on any atom is -0.467 e. The molecule has 0 bridgehead atoms. The summed E-state index contributed by atoms with van der Waals surface area (Å²) in [6, 6.07) is 11.1. The molecule has 29 heavy (non-hydrogen) atoms. The van der Waals surface area contributed by atoms with Gasteiger partial charge in [-0.25, -0.2) is 4.79 Å². The van der Waals surface area contributed by atoms with Crippen LogP contribution in [0.25, 0.3) is 10.9 Å². The smallest absolute Gasteiger partial charge is 0.339 e. The van der Waals surface area contributed by atoms with Crippen molar-refractivity contribution in [1.82, 2.24) is 10.3 Å². The molecule has 1 aromatic carbocycles. The molecule has 6 heteroatoms. The second-order valence-electron chi connectivity index (χ2n) is 7.62. The highest BCUT2D eigenvalue weighted by Gasteiger charge is 2.28. The molecule has 1 aliphatic rings. The topological polar surface area (TPSA) is 81.4 Å². The van der Waals surface area contributed by atoms with Gasteiger partial charge in [-0.3, -0.25) is 9.78 Å². The van der Waals surface area contributed by atoms with E-state index in [0.717, 1.165) is 41.4 Å². The zero-order valence-corrected chi connectivity index (χ0v) is 16.6. The van der Waals surface area contributed by atoms with Crippen LogP contribution in [0.3, 0.4) is 0 Å². The van der Waals surface area contributed by atoms with Gasteiger partial charge < -0.3 is 14.5 Å². The SMILES string of the molecule is C[C@H]1CCc2nc3ccccc3c(C(=O)O[C@@H](C)C(=O)NCc3ccco3)c2C1. The maximum atomic E-state index is 13.1. The molecule has 0 fully saturated rings. The fourth-order valence-electron chi connectivity index (χ4n) is 3.80. The number of fused-ring (bicyclic) bond motifs is 2. The van der Waals surface area contributed by atoms with Crippen LogP contribution in [0, 0.1) is 5.92 Å². The monoisotopic (exact) mass is 392 g/mol. The van der Waals surface area contributed by atoms with Crippen molar-refractivity contribution >= 4 is 22.8 Å². The molecule has 0 spiro atoms. The molecule has 1 N–H and O–H groups in total. The Labute approximate surface area is 169 Å². The Balaban J connectivity index is 1.57.